The lowest BCUT2D eigenvalue weighted by Crippen LogP contribution is -2.58. The first-order valence-electron chi connectivity index (χ1n) is 7.93. The number of benzene rings is 1. The van der Waals surface area contributed by atoms with Crippen molar-refractivity contribution in [1.82, 2.24) is 20.4 Å². The van der Waals surface area contributed by atoms with Gasteiger partial charge in [0, 0.05) is 18.0 Å². The minimum atomic E-state index is -0.478. The van der Waals surface area contributed by atoms with Crippen molar-refractivity contribution in [3.05, 3.63) is 35.9 Å². The van der Waals surface area contributed by atoms with Gasteiger partial charge in [0.15, 0.2) is 5.82 Å². The number of hydrogen-bond donors (Lipinski definition) is 1. The van der Waals surface area contributed by atoms with Crippen LogP contribution < -0.4 is 5.32 Å². The van der Waals surface area contributed by atoms with Gasteiger partial charge in [-0.2, -0.15) is 4.98 Å². The van der Waals surface area contributed by atoms with Crippen LogP contribution in [0.1, 0.15) is 33.0 Å². The minimum Gasteiger partial charge on any atom is -0.334 e. The lowest BCUT2D eigenvalue weighted by molar-refractivity contribution is -0.131. The smallest absolute Gasteiger partial charge is 0.324 e. The lowest BCUT2D eigenvalue weighted by atomic mass is 9.83. The van der Waals surface area contributed by atoms with Crippen molar-refractivity contribution in [1.29, 1.82) is 0 Å². The molecule has 1 aliphatic rings. The number of urea groups is 1. The van der Waals surface area contributed by atoms with Crippen LogP contribution in [0.2, 0.25) is 0 Å². The van der Waals surface area contributed by atoms with Crippen LogP contribution in [0.5, 0.6) is 0 Å². The summed E-state index contributed by atoms with van der Waals surface area (Å²) in [6, 6.07) is 5.04. The molecule has 0 saturated carbocycles. The van der Waals surface area contributed by atoms with Crippen LogP contribution in [0.15, 0.2) is 28.8 Å². The summed E-state index contributed by atoms with van der Waals surface area (Å²) in [5.74, 6) is -0.402. The maximum Gasteiger partial charge on any atom is 0.324 e. The van der Waals surface area contributed by atoms with Crippen LogP contribution in [0, 0.1) is 11.2 Å². The molecule has 1 saturated heterocycles. The molecule has 25 heavy (non-hydrogen) atoms. The molecule has 1 atom stereocenters. The zero-order valence-electron chi connectivity index (χ0n) is 14.2. The summed E-state index contributed by atoms with van der Waals surface area (Å²) < 4.78 is 18.4. The number of nitrogens with one attached hydrogen (secondary N) is 1. The SMILES string of the molecule is CC(C)(C)[C@H]1CC(=O)N(Cc2noc(-c3cccc(F)c3)n2)C(=O)N1. The highest BCUT2D eigenvalue weighted by molar-refractivity contribution is 5.97. The number of amides is 3. The quantitative estimate of drug-likeness (QED) is 0.923. The molecular weight excluding hydrogens is 327 g/mol. The van der Waals surface area contributed by atoms with Gasteiger partial charge in [-0.05, 0) is 23.6 Å². The number of rotatable bonds is 3. The van der Waals surface area contributed by atoms with Crippen molar-refractivity contribution >= 4 is 11.9 Å². The van der Waals surface area contributed by atoms with Crippen LogP contribution in [-0.2, 0) is 11.3 Å². The van der Waals surface area contributed by atoms with E-state index in [1.54, 1.807) is 6.07 Å². The fourth-order valence-corrected chi connectivity index (χ4v) is 2.56. The van der Waals surface area contributed by atoms with Crippen molar-refractivity contribution in [2.75, 3.05) is 0 Å². The molecule has 132 valence electrons. The highest BCUT2D eigenvalue weighted by Crippen LogP contribution is 2.26. The Balaban J connectivity index is 1.73. The van der Waals surface area contributed by atoms with Crippen molar-refractivity contribution < 1.29 is 18.5 Å². The average Bonchev–Trinajstić information content (AvgIpc) is 2.98. The van der Waals surface area contributed by atoms with Gasteiger partial charge >= 0.3 is 6.03 Å². The standard InChI is InChI=1S/C17H19FN4O3/c1-17(2,3)12-8-14(23)22(16(24)19-12)9-13-20-15(25-21-13)10-5-4-6-11(18)7-10/h4-7,12H,8-9H2,1-3H3,(H,19,24)/t12-/m1/s1. The number of nitrogens with zero attached hydrogens (tertiary/aromatic N) is 3. The van der Waals surface area contributed by atoms with Crippen molar-refractivity contribution in [3.63, 3.8) is 0 Å². The maximum atomic E-state index is 13.3. The Morgan fingerprint density at radius 2 is 2.12 bits per heavy atom. The molecule has 1 N–H and O–H groups in total. The van der Waals surface area contributed by atoms with Gasteiger partial charge in [0.1, 0.15) is 5.82 Å². The Hall–Kier alpha value is -2.77. The molecule has 3 rings (SSSR count). The van der Waals surface area contributed by atoms with E-state index in [1.807, 2.05) is 20.8 Å². The molecular formula is C17H19FN4O3. The van der Waals surface area contributed by atoms with E-state index >= 15 is 0 Å². The minimum absolute atomic E-state index is 0.0969. The van der Waals surface area contributed by atoms with E-state index in [9.17, 15) is 14.0 Å². The molecule has 8 heteroatoms. The molecule has 0 bridgehead atoms. The van der Waals surface area contributed by atoms with Gasteiger partial charge in [-0.25, -0.2) is 9.18 Å². The Morgan fingerprint density at radius 3 is 2.76 bits per heavy atom. The Labute approximate surface area is 144 Å². The van der Waals surface area contributed by atoms with E-state index in [0.29, 0.717) is 5.56 Å². The second-order valence-electron chi connectivity index (χ2n) is 7.08. The van der Waals surface area contributed by atoms with E-state index in [2.05, 4.69) is 15.5 Å². The van der Waals surface area contributed by atoms with Gasteiger partial charge in [-0.1, -0.05) is 32.0 Å². The second kappa shape index (κ2) is 6.27. The summed E-state index contributed by atoms with van der Waals surface area (Å²) in [6.45, 7) is 5.79. The number of aromatic nitrogens is 2. The van der Waals surface area contributed by atoms with Crippen LogP contribution >= 0.6 is 0 Å². The zero-order chi connectivity index (χ0) is 18.2. The molecule has 0 unspecified atom stereocenters. The van der Waals surface area contributed by atoms with Crippen molar-refractivity contribution in [2.24, 2.45) is 5.41 Å². The number of imide groups is 1. The number of carbonyl (C=O) groups is 2. The average molecular weight is 346 g/mol. The van der Waals surface area contributed by atoms with Crippen LogP contribution in [0.25, 0.3) is 11.5 Å². The topological polar surface area (TPSA) is 88.3 Å². The third-order valence-corrected chi connectivity index (χ3v) is 4.11. The predicted octanol–water partition coefficient (Wildman–Crippen LogP) is 2.73. The fraction of sp³-hybridized carbons (Fsp3) is 0.412. The summed E-state index contributed by atoms with van der Waals surface area (Å²) >= 11 is 0. The molecule has 7 nitrogen and oxygen atoms in total. The molecule has 2 heterocycles. The third-order valence-electron chi connectivity index (χ3n) is 4.11. The van der Waals surface area contributed by atoms with Gasteiger partial charge in [0.2, 0.25) is 5.91 Å². The number of halogens is 1. The van der Waals surface area contributed by atoms with Crippen LogP contribution in [-0.4, -0.2) is 33.0 Å². The first-order valence-corrected chi connectivity index (χ1v) is 7.93. The number of carbonyl (C=O) groups excluding carboxylic acids is 2. The van der Waals surface area contributed by atoms with Gasteiger partial charge < -0.3 is 9.84 Å². The highest BCUT2D eigenvalue weighted by atomic mass is 19.1. The lowest BCUT2D eigenvalue weighted by Gasteiger charge is -2.37. The van der Waals surface area contributed by atoms with E-state index in [1.165, 1.54) is 18.2 Å². The van der Waals surface area contributed by atoms with E-state index < -0.39 is 11.8 Å². The van der Waals surface area contributed by atoms with Crippen molar-refractivity contribution in [2.45, 2.75) is 39.8 Å². The summed E-state index contributed by atoms with van der Waals surface area (Å²) in [6.07, 6.45) is 0.212. The van der Waals surface area contributed by atoms with Crippen LogP contribution in [0.3, 0.4) is 0 Å². The van der Waals surface area contributed by atoms with E-state index in [4.69, 9.17) is 4.52 Å². The monoisotopic (exact) mass is 346 g/mol. The maximum absolute atomic E-state index is 13.3. The molecule has 1 aromatic carbocycles. The molecule has 2 aromatic rings. The molecule has 1 aliphatic heterocycles. The fourth-order valence-electron chi connectivity index (χ4n) is 2.56. The normalized spacial score (nSPS) is 18.4. The van der Waals surface area contributed by atoms with Gasteiger partial charge in [-0.15, -0.1) is 0 Å². The molecule has 0 spiro atoms. The number of hydrogen-bond acceptors (Lipinski definition) is 5. The Kier molecular flexibility index (Phi) is 4.28. The summed E-state index contributed by atoms with van der Waals surface area (Å²) in [4.78, 5) is 29.8. The van der Waals surface area contributed by atoms with E-state index in [0.717, 1.165) is 4.90 Å². The summed E-state index contributed by atoms with van der Waals surface area (Å²) in [5.41, 5.74) is 0.217. The second-order valence-corrected chi connectivity index (χ2v) is 7.08. The predicted molar refractivity (Wildman–Crippen MR) is 86.6 cm³/mol. The molecule has 0 radical (unpaired) electrons. The Morgan fingerprint density at radius 1 is 1.36 bits per heavy atom. The zero-order valence-corrected chi connectivity index (χ0v) is 14.2. The van der Waals surface area contributed by atoms with Crippen LogP contribution in [0.4, 0.5) is 9.18 Å². The molecule has 3 amide bonds. The third kappa shape index (κ3) is 3.67. The summed E-state index contributed by atoms with van der Waals surface area (Å²) in [5, 5.41) is 6.60. The first kappa shape index (κ1) is 17.1. The largest absolute Gasteiger partial charge is 0.334 e. The van der Waals surface area contributed by atoms with Gasteiger partial charge in [0.25, 0.3) is 5.89 Å². The van der Waals surface area contributed by atoms with Gasteiger partial charge in [-0.3, -0.25) is 9.69 Å². The molecule has 1 aromatic heterocycles. The summed E-state index contributed by atoms with van der Waals surface area (Å²) in [7, 11) is 0. The molecule has 0 aliphatic carbocycles. The van der Waals surface area contributed by atoms with Crippen molar-refractivity contribution in [3.8, 4) is 11.5 Å². The first-order chi connectivity index (χ1) is 11.7. The van der Waals surface area contributed by atoms with E-state index in [-0.39, 0.29) is 42.0 Å². The molecule has 1 fully saturated rings. The highest BCUT2D eigenvalue weighted by Gasteiger charge is 2.38. The van der Waals surface area contributed by atoms with Gasteiger partial charge in [0.05, 0.1) is 6.54 Å². The Bertz CT molecular complexity index is 794.